The number of nitrogens with two attached hydrogens (primary N) is 1. The SMILES string of the molecule is Nc1nsc(NCC2CCCCO2)c1C1CC1. The quantitative estimate of drug-likeness (QED) is 0.866. The minimum Gasteiger partial charge on any atom is -0.383 e. The fourth-order valence-electron chi connectivity index (χ4n) is 2.38. The molecule has 5 heteroatoms. The average Bonchev–Trinajstić information content (AvgIpc) is 3.12. The molecule has 94 valence electrons. The van der Waals surface area contributed by atoms with Crippen LogP contribution in [-0.2, 0) is 4.74 Å². The van der Waals surface area contributed by atoms with Crippen molar-refractivity contribution < 1.29 is 4.74 Å². The van der Waals surface area contributed by atoms with Gasteiger partial charge in [0.25, 0.3) is 0 Å². The van der Waals surface area contributed by atoms with Crippen LogP contribution < -0.4 is 11.1 Å². The van der Waals surface area contributed by atoms with Gasteiger partial charge in [-0.3, -0.25) is 0 Å². The molecule has 2 aliphatic rings. The highest BCUT2D eigenvalue weighted by Gasteiger charge is 2.30. The average molecular weight is 253 g/mol. The van der Waals surface area contributed by atoms with Gasteiger partial charge < -0.3 is 15.8 Å². The van der Waals surface area contributed by atoms with Gasteiger partial charge in [-0.1, -0.05) is 0 Å². The van der Waals surface area contributed by atoms with Gasteiger partial charge in [-0.25, -0.2) is 0 Å². The van der Waals surface area contributed by atoms with E-state index in [1.807, 2.05) is 0 Å². The molecule has 0 amide bonds. The highest BCUT2D eigenvalue weighted by molar-refractivity contribution is 7.10. The second-order valence-corrected chi connectivity index (χ2v) is 5.73. The van der Waals surface area contributed by atoms with Crippen molar-refractivity contribution in [2.45, 2.75) is 44.1 Å². The van der Waals surface area contributed by atoms with Crippen LogP contribution in [0.25, 0.3) is 0 Å². The van der Waals surface area contributed by atoms with Crippen LogP contribution in [-0.4, -0.2) is 23.6 Å². The lowest BCUT2D eigenvalue weighted by atomic mass is 10.1. The number of hydrogen-bond acceptors (Lipinski definition) is 5. The number of anilines is 2. The second-order valence-electron chi connectivity index (χ2n) is 4.95. The molecule has 0 bridgehead atoms. The molecule has 3 N–H and O–H groups in total. The van der Waals surface area contributed by atoms with Gasteiger partial charge in [0.2, 0.25) is 0 Å². The number of hydrogen-bond donors (Lipinski definition) is 2. The number of aromatic nitrogens is 1. The molecule has 0 spiro atoms. The van der Waals surface area contributed by atoms with E-state index in [-0.39, 0.29) is 0 Å². The Morgan fingerprint density at radius 2 is 2.24 bits per heavy atom. The smallest absolute Gasteiger partial charge is 0.142 e. The Morgan fingerprint density at radius 1 is 1.35 bits per heavy atom. The first-order valence-corrected chi connectivity index (χ1v) is 7.22. The van der Waals surface area contributed by atoms with E-state index in [0.29, 0.717) is 12.0 Å². The lowest BCUT2D eigenvalue weighted by Crippen LogP contribution is -2.26. The molecular weight excluding hydrogens is 234 g/mol. The monoisotopic (exact) mass is 253 g/mol. The fraction of sp³-hybridized carbons (Fsp3) is 0.750. The minimum atomic E-state index is 0.360. The van der Waals surface area contributed by atoms with Crippen molar-refractivity contribution in [2.24, 2.45) is 0 Å². The van der Waals surface area contributed by atoms with Gasteiger partial charge in [-0.15, -0.1) is 0 Å². The number of rotatable bonds is 4. The number of ether oxygens (including phenoxy) is 1. The Kier molecular flexibility index (Phi) is 3.20. The van der Waals surface area contributed by atoms with Crippen molar-refractivity contribution in [3.05, 3.63) is 5.56 Å². The second kappa shape index (κ2) is 4.82. The van der Waals surface area contributed by atoms with Gasteiger partial charge in [-0.2, -0.15) is 4.37 Å². The summed E-state index contributed by atoms with van der Waals surface area (Å²) in [7, 11) is 0. The van der Waals surface area contributed by atoms with Crippen LogP contribution in [0.15, 0.2) is 0 Å². The summed E-state index contributed by atoms with van der Waals surface area (Å²) in [4.78, 5) is 0. The summed E-state index contributed by atoms with van der Waals surface area (Å²) in [5, 5.41) is 4.64. The minimum absolute atomic E-state index is 0.360. The zero-order valence-electron chi connectivity index (χ0n) is 9.95. The highest BCUT2D eigenvalue weighted by Crippen LogP contribution is 2.47. The van der Waals surface area contributed by atoms with Gasteiger partial charge in [0.15, 0.2) is 0 Å². The first-order valence-electron chi connectivity index (χ1n) is 6.45. The Bertz CT molecular complexity index is 383. The molecule has 0 radical (unpaired) electrons. The first kappa shape index (κ1) is 11.3. The molecule has 1 saturated heterocycles. The van der Waals surface area contributed by atoms with Gasteiger partial charge in [-0.05, 0) is 49.6 Å². The Morgan fingerprint density at radius 3 is 2.94 bits per heavy atom. The molecule has 0 aromatic carbocycles. The van der Waals surface area contributed by atoms with E-state index < -0.39 is 0 Å². The maximum Gasteiger partial charge on any atom is 0.142 e. The maximum atomic E-state index is 5.92. The van der Waals surface area contributed by atoms with Crippen LogP contribution in [0.3, 0.4) is 0 Å². The molecular formula is C12H19N3OS. The van der Waals surface area contributed by atoms with Crippen LogP contribution in [0, 0.1) is 0 Å². The van der Waals surface area contributed by atoms with Gasteiger partial charge >= 0.3 is 0 Å². The summed E-state index contributed by atoms with van der Waals surface area (Å²) in [6, 6.07) is 0. The van der Waals surface area contributed by atoms with Crippen molar-refractivity contribution in [1.82, 2.24) is 4.37 Å². The van der Waals surface area contributed by atoms with Crippen molar-refractivity contribution >= 4 is 22.4 Å². The third-order valence-electron chi connectivity index (χ3n) is 3.51. The van der Waals surface area contributed by atoms with E-state index in [1.54, 1.807) is 0 Å². The summed E-state index contributed by atoms with van der Waals surface area (Å²) >= 11 is 1.49. The molecule has 1 aliphatic carbocycles. The normalized spacial score (nSPS) is 24.8. The summed E-state index contributed by atoms with van der Waals surface area (Å²) in [5.41, 5.74) is 7.17. The van der Waals surface area contributed by atoms with Crippen molar-refractivity contribution in [2.75, 3.05) is 24.2 Å². The third kappa shape index (κ3) is 2.55. The van der Waals surface area contributed by atoms with Crippen LogP contribution in [0.2, 0.25) is 0 Å². The molecule has 4 nitrogen and oxygen atoms in total. The predicted octanol–water partition coefficient (Wildman–Crippen LogP) is 2.58. The van der Waals surface area contributed by atoms with Crippen LogP contribution in [0.5, 0.6) is 0 Å². The predicted molar refractivity (Wildman–Crippen MR) is 70.6 cm³/mol. The summed E-state index contributed by atoms with van der Waals surface area (Å²) in [6.07, 6.45) is 6.54. The zero-order chi connectivity index (χ0) is 11.7. The van der Waals surface area contributed by atoms with E-state index in [9.17, 15) is 0 Å². The Balaban J connectivity index is 1.60. The topological polar surface area (TPSA) is 60.2 Å². The van der Waals surface area contributed by atoms with E-state index in [2.05, 4.69) is 9.69 Å². The number of nitrogen functional groups attached to an aromatic ring is 1. The first-order chi connectivity index (χ1) is 8.34. The Hall–Kier alpha value is -0.810. The van der Waals surface area contributed by atoms with Crippen molar-refractivity contribution in [1.29, 1.82) is 0 Å². The number of nitrogens with one attached hydrogen (secondary N) is 1. The van der Waals surface area contributed by atoms with Crippen molar-refractivity contribution in [3.8, 4) is 0 Å². The van der Waals surface area contributed by atoms with E-state index in [0.717, 1.165) is 19.0 Å². The van der Waals surface area contributed by atoms with Crippen LogP contribution in [0.1, 0.15) is 43.6 Å². The molecule has 17 heavy (non-hydrogen) atoms. The summed E-state index contributed by atoms with van der Waals surface area (Å²) < 4.78 is 9.97. The molecule has 1 aromatic rings. The number of nitrogens with zero attached hydrogens (tertiary/aromatic N) is 1. The highest BCUT2D eigenvalue weighted by atomic mass is 32.1. The molecule has 3 rings (SSSR count). The van der Waals surface area contributed by atoms with E-state index in [4.69, 9.17) is 10.5 Å². The fourth-order valence-corrected chi connectivity index (χ4v) is 3.18. The molecule has 1 unspecified atom stereocenters. The molecule has 1 aromatic heterocycles. The third-order valence-corrected chi connectivity index (χ3v) is 4.34. The largest absolute Gasteiger partial charge is 0.383 e. The zero-order valence-corrected chi connectivity index (χ0v) is 10.8. The van der Waals surface area contributed by atoms with E-state index >= 15 is 0 Å². The molecule has 2 fully saturated rings. The van der Waals surface area contributed by atoms with E-state index in [1.165, 1.54) is 54.2 Å². The van der Waals surface area contributed by atoms with Crippen molar-refractivity contribution in [3.63, 3.8) is 0 Å². The molecule has 1 aliphatic heterocycles. The maximum absolute atomic E-state index is 5.92. The van der Waals surface area contributed by atoms with Crippen LogP contribution >= 0.6 is 11.5 Å². The molecule has 2 heterocycles. The standard InChI is InChI=1S/C12H19N3OS/c13-11-10(8-4-5-8)12(17-15-11)14-7-9-3-1-2-6-16-9/h8-9,14H,1-7H2,(H2,13,15). The van der Waals surface area contributed by atoms with Gasteiger partial charge in [0.1, 0.15) is 10.8 Å². The lowest BCUT2D eigenvalue weighted by molar-refractivity contribution is 0.0248. The summed E-state index contributed by atoms with van der Waals surface area (Å²) in [6.45, 7) is 1.80. The summed E-state index contributed by atoms with van der Waals surface area (Å²) in [5.74, 6) is 1.38. The van der Waals surface area contributed by atoms with Gasteiger partial charge in [0.05, 0.1) is 6.10 Å². The van der Waals surface area contributed by atoms with Crippen LogP contribution in [0.4, 0.5) is 10.8 Å². The lowest BCUT2D eigenvalue weighted by Gasteiger charge is -2.23. The Labute approximate surface area is 106 Å². The van der Waals surface area contributed by atoms with Gasteiger partial charge in [0, 0.05) is 18.7 Å². The molecule has 1 atom stereocenters. The molecule has 1 saturated carbocycles.